The van der Waals surface area contributed by atoms with E-state index in [4.69, 9.17) is 4.74 Å². The first kappa shape index (κ1) is 18.3. The molecule has 2 fully saturated rings. The van der Waals surface area contributed by atoms with Gasteiger partial charge in [-0.1, -0.05) is 30.7 Å². The number of hydrogen-bond acceptors (Lipinski definition) is 3. The number of amides is 1. The van der Waals surface area contributed by atoms with Crippen molar-refractivity contribution in [3.05, 3.63) is 65.0 Å². The lowest BCUT2D eigenvalue weighted by molar-refractivity contribution is -0.127. The van der Waals surface area contributed by atoms with E-state index in [9.17, 15) is 14.0 Å². The van der Waals surface area contributed by atoms with Crippen molar-refractivity contribution < 1.29 is 18.7 Å². The van der Waals surface area contributed by atoms with Gasteiger partial charge in [-0.25, -0.2) is 9.18 Å². The van der Waals surface area contributed by atoms with Gasteiger partial charge >= 0.3 is 6.09 Å². The summed E-state index contributed by atoms with van der Waals surface area (Å²) in [4.78, 5) is 27.3. The van der Waals surface area contributed by atoms with Crippen LogP contribution in [0.5, 0.6) is 0 Å². The van der Waals surface area contributed by atoms with Crippen LogP contribution in [-0.4, -0.2) is 24.5 Å². The summed E-state index contributed by atoms with van der Waals surface area (Å²) >= 11 is 0. The van der Waals surface area contributed by atoms with E-state index in [0.29, 0.717) is 13.0 Å². The van der Waals surface area contributed by atoms with Gasteiger partial charge in [0.15, 0.2) is 0 Å². The Hall–Kier alpha value is -2.69. The van der Waals surface area contributed by atoms with Crippen LogP contribution in [0.3, 0.4) is 0 Å². The number of hydrogen-bond donors (Lipinski definition) is 0. The number of ketones is 1. The number of nitrogens with zero attached hydrogens (tertiary/aromatic N) is 1. The maximum Gasteiger partial charge on any atom is 0.414 e. The van der Waals surface area contributed by atoms with Gasteiger partial charge in [0, 0.05) is 13.0 Å². The first-order chi connectivity index (χ1) is 14.0. The third kappa shape index (κ3) is 3.33. The van der Waals surface area contributed by atoms with Crippen LogP contribution in [0.25, 0.3) is 0 Å². The molecule has 29 heavy (non-hydrogen) atoms. The normalized spacial score (nSPS) is 19.4. The molecule has 2 saturated carbocycles. The minimum Gasteiger partial charge on any atom is -0.446 e. The Morgan fingerprint density at radius 1 is 1.10 bits per heavy atom. The lowest BCUT2D eigenvalue weighted by atomic mass is 9.61. The zero-order chi connectivity index (χ0) is 20.0. The molecule has 5 heteroatoms. The molecule has 2 aromatic rings. The van der Waals surface area contributed by atoms with Crippen LogP contribution >= 0.6 is 0 Å². The zero-order valence-corrected chi connectivity index (χ0v) is 16.3. The summed E-state index contributed by atoms with van der Waals surface area (Å²) < 4.78 is 18.6. The fourth-order valence-corrected chi connectivity index (χ4v) is 4.50. The number of Topliss-reactive ketones (excluding diaryl/α,β-unsaturated/α-hetero) is 1. The molecule has 0 aromatic heterocycles. The van der Waals surface area contributed by atoms with Gasteiger partial charge in [0.05, 0.1) is 11.1 Å². The summed E-state index contributed by atoms with van der Waals surface area (Å²) in [5, 5.41) is 0. The zero-order valence-electron chi connectivity index (χ0n) is 16.3. The second-order valence-electron chi connectivity index (χ2n) is 8.49. The Labute approximate surface area is 169 Å². The SMILES string of the molecule is O=C(OC1CC1)N1CCc2cc(C3(C(=O)Cc4ccc(F)cc4)CCC3)ccc21. The molecule has 1 amide bonds. The molecule has 5 rings (SSSR count). The first-order valence-electron chi connectivity index (χ1n) is 10.4. The number of ether oxygens (including phenoxy) is 1. The summed E-state index contributed by atoms with van der Waals surface area (Å²) in [7, 11) is 0. The topological polar surface area (TPSA) is 46.6 Å². The molecule has 1 heterocycles. The van der Waals surface area contributed by atoms with Crippen molar-refractivity contribution in [2.45, 2.75) is 56.5 Å². The van der Waals surface area contributed by atoms with E-state index >= 15 is 0 Å². The van der Waals surface area contributed by atoms with Crippen LogP contribution in [-0.2, 0) is 27.8 Å². The molecule has 4 nitrogen and oxygen atoms in total. The number of carbonyl (C=O) groups excluding carboxylic acids is 2. The van der Waals surface area contributed by atoms with Crippen molar-refractivity contribution in [1.29, 1.82) is 0 Å². The number of rotatable bonds is 5. The van der Waals surface area contributed by atoms with Gasteiger partial charge in [-0.3, -0.25) is 9.69 Å². The Kier molecular flexibility index (Phi) is 4.41. The fraction of sp³-hybridized carbons (Fsp3) is 0.417. The Bertz CT molecular complexity index is 961. The van der Waals surface area contributed by atoms with Crippen LogP contribution in [0.15, 0.2) is 42.5 Å². The van der Waals surface area contributed by atoms with Crippen LogP contribution in [0.2, 0.25) is 0 Å². The van der Waals surface area contributed by atoms with Gasteiger partial charge in [0.1, 0.15) is 17.7 Å². The highest BCUT2D eigenvalue weighted by atomic mass is 19.1. The second kappa shape index (κ2) is 6.97. The standard InChI is InChI=1S/C24H24FNO3/c25-19-5-2-16(3-6-19)14-22(27)24(11-1-12-24)18-4-9-21-17(15-18)10-13-26(21)23(28)29-20-7-8-20/h2-6,9,15,20H,1,7-8,10-14H2. The van der Waals surface area contributed by atoms with E-state index in [1.807, 2.05) is 12.1 Å². The van der Waals surface area contributed by atoms with Crippen LogP contribution < -0.4 is 4.90 Å². The average molecular weight is 393 g/mol. The monoisotopic (exact) mass is 393 g/mol. The largest absolute Gasteiger partial charge is 0.446 e. The van der Waals surface area contributed by atoms with E-state index < -0.39 is 5.41 Å². The molecule has 0 saturated heterocycles. The lowest BCUT2D eigenvalue weighted by Crippen LogP contribution is -2.43. The number of fused-ring (bicyclic) bond motifs is 1. The highest BCUT2D eigenvalue weighted by molar-refractivity contribution is 5.94. The molecule has 0 unspecified atom stereocenters. The number of anilines is 1. The fourth-order valence-electron chi connectivity index (χ4n) is 4.50. The first-order valence-corrected chi connectivity index (χ1v) is 10.4. The van der Waals surface area contributed by atoms with Crippen molar-refractivity contribution >= 4 is 17.6 Å². The smallest absolute Gasteiger partial charge is 0.414 e. The van der Waals surface area contributed by atoms with E-state index in [1.165, 1.54) is 12.1 Å². The van der Waals surface area contributed by atoms with Crippen molar-refractivity contribution in [1.82, 2.24) is 0 Å². The predicted octanol–water partition coefficient (Wildman–Crippen LogP) is 4.72. The molecule has 2 aliphatic carbocycles. The molecule has 0 atom stereocenters. The summed E-state index contributed by atoms with van der Waals surface area (Å²) in [6.45, 7) is 0.626. The maximum absolute atomic E-state index is 13.2. The van der Waals surface area contributed by atoms with Gasteiger partial charge < -0.3 is 4.74 Å². The molecule has 0 bridgehead atoms. The molecule has 0 spiro atoms. The van der Waals surface area contributed by atoms with E-state index in [0.717, 1.165) is 60.9 Å². The summed E-state index contributed by atoms with van der Waals surface area (Å²) in [5.41, 5.74) is 3.45. The number of carbonyl (C=O) groups is 2. The molecular weight excluding hydrogens is 369 g/mol. The third-order valence-corrected chi connectivity index (χ3v) is 6.56. The molecule has 1 aliphatic heterocycles. The molecule has 150 valence electrons. The Morgan fingerprint density at radius 2 is 1.86 bits per heavy atom. The highest BCUT2D eigenvalue weighted by Gasteiger charge is 2.45. The maximum atomic E-state index is 13.2. The number of benzene rings is 2. The van der Waals surface area contributed by atoms with Crippen molar-refractivity contribution in [3.63, 3.8) is 0 Å². The highest BCUT2D eigenvalue weighted by Crippen LogP contribution is 2.47. The van der Waals surface area contributed by atoms with Crippen LogP contribution in [0.1, 0.15) is 48.8 Å². The summed E-state index contributed by atoms with van der Waals surface area (Å²) in [6, 6.07) is 12.3. The lowest BCUT2D eigenvalue weighted by Gasteiger charge is -2.41. The molecule has 3 aliphatic rings. The van der Waals surface area contributed by atoms with Crippen molar-refractivity contribution in [2.75, 3.05) is 11.4 Å². The van der Waals surface area contributed by atoms with Gasteiger partial charge in [-0.2, -0.15) is 0 Å². The quantitative estimate of drug-likeness (QED) is 0.738. The van der Waals surface area contributed by atoms with E-state index in [1.54, 1.807) is 17.0 Å². The molecule has 2 aromatic carbocycles. The predicted molar refractivity (Wildman–Crippen MR) is 108 cm³/mol. The number of halogens is 1. The molecule has 0 radical (unpaired) electrons. The van der Waals surface area contributed by atoms with Gasteiger partial charge in [0.25, 0.3) is 0 Å². The molecular formula is C24H24FNO3. The third-order valence-electron chi connectivity index (χ3n) is 6.56. The Morgan fingerprint density at radius 3 is 2.52 bits per heavy atom. The van der Waals surface area contributed by atoms with Gasteiger partial charge in [0.2, 0.25) is 0 Å². The second-order valence-corrected chi connectivity index (χ2v) is 8.49. The minimum atomic E-state index is -0.453. The van der Waals surface area contributed by atoms with Crippen molar-refractivity contribution in [3.8, 4) is 0 Å². The van der Waals surface area contributed by atoms with Crippen molar-refractivity contribution in [2.24, 2.45) is 0 Å². The van der Waals surface area contributed by atoms with E-state index in [2.05, 4.69) is 6.07 Å². The molecule has 0 N–H and O–H groups in total. The van der Waals surface area contributed by atoms with Gasteiger partial charge in [-0.05, 0) is 67.0 Å². The minimum absolute atomic E-state index is 0.0909. The van der Waals surface area contributed by atoms with E-state index in [-0.39, 0.29) is 23.8 Å². The van der Waals surface area contributed by atoms with Crippen LogP contribution in [0.4, 0.5) is 14.9 Å². The van der Waals surface area contributed by atoms with Crippen LogP contribution in [0, 0.1) is 5.82 Å². The van der Waals surface area contributed by atoms with Gasteiger partial charge in [-0.15, -0.1) is 0 Å². The summed E-state index contributed by atoms with van der Waals surface area (Å²) in [6.07, 6.45) is 5.58. The average Bonchev–Trinajstić information content (AvgIpc) is 3.38. The summed E-state index contributed by atoms with van der Waals surface area (Å²) in [5.74, 6) is -0.0961. The Balaban J connectivity index is 1.37.